The third kappa shape index (κ3) is 16.2. The van der Waals surface area contributed by atoms with E-state index in [1.54, 1.807) is 36.4 Å². The summed E-state index contributed by atoms with van der Waals surface area (Å²) in [5.74, 6) is 0.408. The number of nitrogens with two attached hydrogens (primary N) is 1. The molecule has 0 saturated carbocycles. The van der Waals surface area contributed by atoms with Gasteiger partial charge in [0.25, 0.3) is 16.0 Å². The van der Waals surface area contributed by atoms with E-state index in [1.807, 2.05) is 69.3 Å². The minimum absolute atomic E-state index is 0.000890. The summed E-state index contributed by atoms with van der Waals surface area (Å²) in [5, 5.41) is 22.5. The maximum absolute atomic E-state index is 13.0. The summed E-state index contributed by atoms with van der Waals surface area (Å²) < 4.78 is 93.9. The molecule has 0 radical (unpaired) electrons. The molecule has 0 heterocycles. The molecule has 0 unspecified atom stereocenters. The van der Waals surface area contributed by atoms with Gasteiger partial charge in [-0.3, -0.25) is 9.35 Å². The summed E-state index contributed by atoms with van der Waals surface area (Å²) in [7, 11) is -10.4. The number of benzene rings is 5. The van der Waals surface area contributed by atoms with Crippen molar-refractivity contribution in [1.82, 2.24) is 0 Å². The van der Waals surface area contributed by atoms with E-state index >= 15 is 0 Å². The number of nitrogens with one attached hydrogen (secondary N) is 1. The summed E-state index contributed by atoms with van der Waals surface area (Å²) in [6.45, 7) is 8.30. The maximum atomic E-state index is 13.0. The van der Waals surface area contributed by atoms with Gasteiger partial charge in [-0.2, -0.15) is 23.8 Å². The van der Waals surface area contributed by atoms with E-state index in [1.165, 1.54) is 0 Å². The zero-order valence-corrected chi connectivity index (χ0v) is 34.6. The first-order valence-electron chi connectivity index (χ1n) is 17.4. The summed E-state index contributed by atoms with van der Waals surface area (Å²) in [4.78, 5) is 13.0. The first-order chi connectivity index (χ1) is 27.9. The summed E-state index contributed by atoms with van der Waals surface area (Å²) >= 11 is 0. The predicted octanol–water partition coefficient (Wildman–Crippen LogP) is 7.87. The molecular weight excluding hydrogens is 829 g/mol. The normalized spacial score (nSPS) is 11.0. The van der Waals surface area contributed by atoms with Crippen molar-refractivity contribution in [2.75, 3.05) is 30.0 Å². The number of nitrogen functional groups attached to an aromatic ring is 1. The number of anilines is 2. The van der Waals surface area contributed by atoms with Crippen LogP contribution in [0.25, 0.3) is 10.8 Å². The molecule has 0 bridgehead atoms. The predicted molar refractivity (Wildman–Crippen MR) is 220 cm³/mol. The molecule has 59 heavy (non-hydrogen) atoms. The molecular formula is C38H40N6O12S3. The zero-order valence-electron chi connectivity index (χ0n) is 32.1. The Hall–Kier alpha value is -6.42. The zero-order chi connectivity index (χ0) is 43.7. The van der Waals surface area contributed by atoms with Crippen LogP contribution in [0.5, 0.6) is 11.5 Å². The van der Waals surface area contributed by atoms with Crippen molar-refractivity contribution in [3.8, 4) is 11.5 Å². The molecule has 0 saturated heterocycles. The molecule has 18 nitrogen and oxygen atoms in total. The highest BCUT2D eigenvalue weighted by atomic mass is 32.2. The van der Waals surface area contributed by atoms with Gasteiger partial charge in [0.1, 0.15) is 17.2 Å². The Bertz CT molecular complexity index is 2650. The van der Waals surface area contributed by atoms with Crippen molar-refractivity contribution in [1.29, 1.82) is 0 Å². The van der Waals surface area contributed by atoms with Crippen molar-refractivity contribution in [3.63, 3.8) is 0 Å². The van der Waals surface area contributed by atoms with Crippen LogP contribution in [0.1, 0.15) is 46.8 Å². The van der Waals surface area contributed by atoms with E-state index in [9.17, 15) is 13.2 Å². The van der Waals surface area contributed by atoms with Crippen molar-refractivity contribution in [2.24, 2.45) is 20.5 Å². The van der Waals surface area contributed by atoms with Crippen LogP contribution in [-0.2, 0) is 31.3 Å². The maximum Gasteiger partial charge on any atom is 0.425 e. The minimum Gasteiger partial charge on any atom is -0.493 e. The third-order valence-corrected chi connectivity index (χ3v) is 8.70. The molecule has 5 rings (SSSR count). The highest BCUT2D eigenvalue weighted by Crippen LogP contribution is 2.38. The number of fused-ring (bicyclic) bond motifs is 1. The van der Waals surface area contributed by atoms with Crippen LogP contribution >= 0.6 is 0 Å². The lowest BCUT2D eigenvalue weighted by Gasteiger charge is -2.11. The first kappa shape index (κ1) is 47.0. The van der Waals surface area contributed by atoms with Crippen molar-refractivity contribution in [2.45, 2.75) is 40.5 Å². The summed E-state index contributed by atoms with van der Waals surface area (Å²) in [6.07, 6.45) is 0.975. The average Bonchev–Trinajstić information content (AvgIpc) is 3.16. The van der Waals surface area contributed by atoms with E-state index in [4.69, 9.17) is 45.0 Å². The number of nitrogens with zero attached hydrogens (tertiary/aromatic N) is 4. The molecule has 0 fully saturated rings. The molecule has 312 valence electrons. The largest absolute Gasteiger partial charge is 0.493 e. The molecule has 0 aliphatic carbocycles. The minimum atomic E-state index is -4.13. The standard InChI is InChI=1S/C38H40N6O6S.2O3S/c1-5-16-49-36-9-6-8-28-22-30(14-15-31(28)36)40-38(45)27-10-12-29(13-11-27)41-42-34-23-37(50-17-7-18-51(46,47)48)35(21-26(34)4)44-43-33-20-24(2)32(39)19-25(33)3;2*1-4(2)3/h6,8-15,19-23H,5,7,16-18,39H2,1-4H3,(H,40,45)(H,46,47,48);;. The van der Waals surface area contributed by atoms with Crippen molar-refractivity contribution >= 4 is 82.1 Å². The van der Waals surface area contributed by atoms with Crippen LogP contribution in [0.15, 0.2) is 105 Å². The molecule has 21 heteroatoms. The fourth-order valence-corrected chi connectivity index (χ4v) is 5.57. The lowest BCUT2D eigenvalue weighted by molar-refractivity contribution is 0.102. The summed E-state index contributed by atoms with van der Waals surface area (Å²) in [6, 6.07) is 25.3. The Morgan fingerprint density at radius 2 is 1.29 bits per heavy atom. The highest BCUT2D eigenvalue weighted by Gasteiger charge is 2.13. The van der Waals surface area contributed by atoms with E-state index in [-0.39, 0.29) is 18.9 Å². The number of hydrogen-bond acceptors (Lipinski definition) is 16. The molecule has 0 aromatic heterocycles. The number of ether oxygens (including phenoxy) is 2. The lowest BCUT2D eigenvalue weighted by atomic mass is 10.1. The van der Waals surface area contributed by atoms with E-state index in [0.29, 0.717) is 52.0 Å². The molecule has 1 amide bonds. The second kappa shape index (κ2) is 22.5. The number of hydrogen-bond donors (Lipinski definition) is 3. The van der Waals surface area contributed by atoms with Crippen LogP contribution in [0, 0.1) is 20.8 Å². The average molecular weight is 869 g/mol. The Balaban J connectivity index is 0.00000107. The SMILES string of the molecule is CCCOc1cccc2cc(NC(=O)c3ccc(N=Nc4cc(OCCCS(=O)(=O)O)c(N=Nc5cc(C)c(N)cc5C)cc4C)cc3)ccc12.O=S(=O)=O.O=S(=O)=O. The quantitative estimate of drug-likeness (QED) is 0.0415. The van der Waals surface area contributed by atoms with Gasteiger partial charge in [-0.15, -0.1) is 30.4 Å². The number of aryl methyl sites for hydroxylation is 3. The van der Waals surface area contributed by atoms with Crippen molar-refractivity contribution in [3.05, 3.63) is 107 Å². The monoisotopic (exact) mass is 868 g/mol. The highest BCUT2D eigenvalue weighted by molar-refractivity contribution is 7.85. The molecule has 0 atom stereocenters. The van der Waals surface area contributed by atoms with E-state index < -0.39 is 37.1 Å². The van der Waals surface area contributed by atoms with E-state index in [0.717, 1.165) is 39.6 Å². The fourth-order valence-electron chi connectivity index (χ4n) is 5.09. The van der Waals surface area contributed by atoms with Crippen LogP contribution in [0.2, 0.25) is 0 Å². The number of rotatable bonds is 14. The van der Waals surface area contributed by atoms with Gasteiger partial charge >= 0.3 is 21.2 Å². The topological polar surface area (TPSA) is 280 Å². The first-order valence-corrected chi connectivity index (χ1v) is 21.0. The van der Waals surface area contributed by atoms with Crippen LogP contribution < -0.4 is 20.5 Å². The molecule has 0 aliphatic heterocycles. The van der Waals surface area contributed by atoms with E-state index in [2.05, 4.69) is 32.7 Å². The van der Waals surface area contributed by atoms with Gasteiger partial charge in [0.05, 0.1) is 36.0 Å². The number of carbonyl (C=O) groups is 1. The Labute approximate surface area is 343 Å². The molecule has 0 aliphatic rings. The third-order valence-electron chi connectivity index (χ3n) is 7.89. The molecule has 4 N–H and O–H groups in total. The van der Waals surface area contributed by atoms with Crippen LogP contribution in [0.3, 0.4) is 0 Å². The second-order valence-electron chi connectivity index (χ2n) is 12.4. The smallest absolute Gasteiger partial charge is 0.425 e. The molecule has 5 aromatic rings. The Morgan fingerprint density at radius 3 is 1.93 bits per heavy atom. The van der Waals surface area contributed by atoms with Gasteiger partial charge < -0.3 is 20.5 Å². The number of amides is 1. The van der Waals surface area contributed by atoms with Gasteiger partial charge in [-0.1, -0.05) is 19.1 Å². The van der Waals surface area contributed by atoms with Gasteiger partial charge in [0.2, 0.25) is 0 Å². The summed E-state index contributed by atoms with van der Waals surface area (Å²) in [5.41, 5.74) is 12.3. The molecule has 0 spiro atoms. The fraction of sp³-hybridized carbons (Fsp3) is 0.237. The number of carbonyl (C=O) groups excluding carboxylic acids is 1. The van der Waals surface area contributed by atoms with Gasteiger partial charge in [0, 0.05) is 28.4 Å². The molecule has 5 aromatic carbocycles. The Morgan fingerprint density at radius 1 is 0.712 bits per heavy atom. The lowest BCUT2D eigenvalue weighted by Crippen LogP contribution is -2.11. The van der Waals surface area contributed by atoms with Gasteiger partial charge in [-0.05, 0) is 122 Å². The van der Waals surface area contributed by atoms with Gasteiger partial charge in [0.15, 0.2) is 0 Å². The van der Waals surface area contributed by atoms with Crippen molar-refractivity contribution < 1.29 is 52.5 Å². The van der Waals surface area contributed by atoms with Crippen LogP contribution in [-0.4, -0.2) is 63.1 Å². The van der Waals surface area contributed by atoms with Crippen LogP contribution in [0.4, 0.5) is 34.1 Å². The second-order valence-corrected chi connectivity index (χ2v) is 14.8. The van der Waals surface area contributed by atoms with Gasteiger partial charge in [-0.25, -0.2) is 0 Å². The number of azo groups is 2. The Kier molecular flexibility index (Phi) is 17.9.